The smallest absolute Gasteiger partial charge is 0.265 e. The van der Waals surface area contributed by atoms with Crippen molar-refractivity contribution in [2.45, 2.75) is 13.7 Å². The Kier molecular flexibility index (Phi) is 4.36. The summed E-state index contributed by atoms with van der Waals surface area (Å²) in [6.45, 7) is 4.11. The van der Waals surface area contributed by atoms with Crippen LogP contribution in [0.5, 0.6) is 0 Å². The van der Waals surface area contributed by atoms with Crippen molar-refractivity contribution in [2.75, 3.05) is 6.54 Å². The van der Waals surface area contributed by atoms with E-state index in [0.29, 0.717) is 6.54 Å². The molecule has 0 amide bonds. The maximum absolute atomic E-state index is 10.2. The van der Waals surface area contributed by atoms with Crippen LogP contribution < -0.4 is 5.48 Å². The van der Waals surface area contributed by atoms with E-state index in [-0.39, 0.29) is 5.87 Å². The van der Waals surface area contributed by atoms with E-state index in [9.17, 15) is 4.79 Å². The van der Waals surface area contributed by atoms with Crippen molar-refractivity contribution in [1.29, 1.82) is 0 Å². The van der Waals surface area contributed by atoms with Gasteiger partial charge in [-0.3, -0.25) is 4.79 Å². The van der Waals surface area contributed by atoms with Gasteiger partial charge < -0.3 is 4.84 Å². The fraction of sp³-hybridized carbons (Fsp3) is 0.750. The van der Waals surface area contributed by atoms with Crippen LogP contribution in [0, 0.1) is 0 Å². The first-order chi connectivity index (χ1) is 3.81. The van der Waals surface area contributed by atoms with Gasteiger partial charge in [-0.05, 0) is 6.92 Å². The standard InChI is InChI=1S/C4H9BNO2/c1-3-6-8-4(7)5-2/h6H,3H2,1-2H3. The van der Waals surface area contributed by atoms with Gasteiger partial charge in [-0.1, -0.05) is 6.82 Å². The highest BCUT2D eigenvalue weighted by Crippen LogP contribution is 1.71. The molecule has 0 spiro atoms. The van der Waals surface area contributed by atoms with Crippen LogP contribution in [0.3, 0.4) is 0 Å². The number of hydrogen-bond donors (Lipinski definition) is 1. The van der Waals surface area contributed by atoms with E-state index < -0.39 is 0 Å². The molecule has 0 rings (SSSR count). The molecule has 0 aliphatic rings. The molecule has 0 aliphatic heterocycles. The first-order valence-corrected chi connectivity index (χ1v) is 2.54. The van der Waals surface area contributed by atoms with Gasteiger partial charge in [0.05, 0.1) is 0 Å². The van der Waals surface area contributed by atoms with Gasteiger partial charge in [-0.15, -0.1) is 0 Å². The third-order valence-electron chi connectivity index (χ3n) is 0.553. The molecule has 1 radical (unpaired) electrons. The average molecular weight is 114 g/mol. The third kappa shape index (κ3) is 3.68. The molecule has 0 bridgehead atoms. The highest BCUT2D eigenvalue weighted by molar-refractivity contribution is 6.70. The molecule has 0 saturated heterocycles. The van der Waals surface area contributed by atoms with Crippen molar-refractivity contribution in [3.63, 3.8) is 0 Å². The maximum Gasteiger partial charge on any atom is 0.265 e. The number of hydroxylamine groups is 1. The number of hydrogen-bond acceptors (Lipinski definition) is 3. The molecule has 0 saturated carbocycles. The second-order valence-electron chi connectivity index (χ2n) is 1.21. The quantitative estimate of drug-likeness (QED) is 0.426. The first kappa shape index (κ1) is 7.49. The molecule has 0 aromatic rings. The number of rotatable bonds is 3. The van der Waals surface area contributed by atoms with Gasteiger partial charge in [-0.25, -0.2) is 0 Å². The zero-order chi connectivity index (χ0) is 6.41. The number of carbonyl (C=O) groups excluding carboxylic acids is 1. The van der Waals surface area contributed by atoms with Crippen molar-refractivity contribution >= 4 is 13.1 Å². The largest absolute Gasteiger partial charge is 0.383 e. The van der Waals surface area contributed by atoms with Gasteiger partial charge in [0.1, 0.15) is 0 Å². The van der Waals surface area contributed by atoms with Crippen molar-refractivity contribution in [3.05, 3.63) is 0 Å². The zero-order valence-electron chi connectivity index (χ0n) is 5.10. The lowest BCUT2D eigenvalue weighted by Gasteiger charge is -1.98. The van der Waals surface area contributed by atoms with Crippen LogP contribution in [0.25, 0.3) is 0 Å². The van der Waals surface area contributed by atoms with Gasteiger partial charge in [0, 0.05) is 6.54 Å². The van der Waals surface area contributed by atoms with Crippen LogP contribution in [0.4, 0.5) is 4.79 Å². The fourth-order valence-electron chi connectivity index (χ4n) is 0.202. The van der Waals surface area contributed by atoms with E-state index in [1.54, 1.807) is 6.82 Å². The van der Waals surface area contributed by atoms with Crippen molar-refractivity contribution in [1.82, 2.24) is 5.48 Å². The van der Waals surface area contributed by atoms with E-state index in [4.69, 9.17) is 0 Å². The molecular weight excluding hydrogens is 105 g/mol. The summed E-state index contributed by atoms with van der Waals surface area (Å²) in [5.74, 6) is -0.341. The average Bonchev–Trinajstić information content (AvgIpc) is 1.83. The zero-order valence-corrected chi connectivity index (χ0v) is 5.10. The van der Waals surface area contributed by atoms with Crippen LogP contribution >= 0.6 is 0 Å². The SMILES string of the molecule is C[B]C(=O)ONCC. The van der Waals surface area contributed by atoms with Crippen molar-refractivity contribution in [3.8, 4) is 0 Å². The Morgan fingerprint density at radius 3 is 2.88 bits per heavy atom. The van der Waals surface area contributed by atoms with Crippen LogP contribution in [0.15, 0.2) is 0 Å². The highest BCUT2D eigenvalue weighted by Gasteiger charge is 1.95. The molecule has 0 aromatic heterocycles. The Labute approximate surface area is 49.6 Å². The lowest BCUT2D eigenvalue weighted by atomic mass is 9.83. The Balaban J connectivity index is 2.99. The summed E-state index contributed by atoms with van der Waals surface area (Å²) >= 11 is 0. The lowest BCUT2D eigenvalue weighted by molar-refractivity contribution is 0.116. The van der Waals surface area contributed by atoms with Gasteiger partial charge in [0.2, 0.25) is 0 Å². The summed E-state index contributed by atoms with van der Waals surface area (Å²) in [5, 5.41) is 0. The second kappa shape index (κ2) is 4.65. The van der Waals surface area contributed by atoms with Crippen molar-refractivity contribution in [2.24, 2.45) is 0 Å². The minimum atomic E-state index is -0.341. The third-order valence-corrected chi connectivity index (χ3v) is 0.553. The maximum atomic E-state index is 10.2. The monoisotopic (exact) mass is 114 g/mol. The summed E-state index contributed by atoms with van der Waals surface area (Å²) in [6, 6.07) is 0. The molecule has 0 aliphatic carbocycles. The predicted octanol–water partition coefficient (Wildman–Crippen LogP) is 0.400. The number of nitrogens with one attached hydrogen (secondary N) is 1. The van der Waals surface area contributed by atoms with Crippen LogP contribution in [0.1, 0.15) is 6.92 Å². The molecule has 1 N–H and O–H groups in total. The van der Waals surface area contributed by atoms with Crippen LogP contribution in [-0.2, 0) is 4.84 Å². The lowest BCUT2D eigenvalue weighted by Crippen LogP contribution is -2.20. The van der Waals surface area contributed by atoms with E-state index in [1.165, 1.54) is 7.28 Å². The molecular formula is C4H9BNO2. The molecule has 0 aromatic carbocycles. The molecule has 45 valence electrons. The van der Waals surface area contributed by atoms with Crippen LogP contribution in [0.2, 0.25) is 6.82 Å². The van der Waals surface area contributed by atoms with E-state index >= 15 is 0 Å². The summed E-state index contributed by atoms with van der Waals surface area (Å²) in [5.41, 5.74) is 2.42. The minimum Gasteiger partial charge on any atom is -0.383 e. The summed E-state index contributed by atoms with van der Waals surface area (Å²) < 4.78 is 0. The first-order valence-electron chi connectivity index (χ1n) is 2.54. The minimum absolute atomic E-state index is 0.341. The topological polar surface area (TPSA) is 38.3 Å². The summed E-state index contributed by atoms with van der Waals surface area (Å²) in [7, 11) is 1.35. The fourth-order valence-corrected chi connectivity index (χ4v) is 0.202. The Morgan fingerprint density at radius 2 is 2.50 bits per heavy atom. The molecule has 0 unspecified atom stereocenters. The Morgan fingerprint density at radius 1 is 1.88 bits per heavy atom. The van der Waals surface area contributed by atoms with Crippen molar-refractivity contribution < 1.29 is 9.63 Å². The predicted molar refractivity (Wildman–Crippen MR) is 31.8 cm³/mol. The molecule has 0 heterocycles. The van der Waals surface area contributed by atoms with Crippen LogP contribution in [-0.4, -0.2) is 19.7 Å². The summed E-state index contributed by atoms with van der Waals surface area (Å²) in [6.07, 6.45) is 0. The Hall–Kier alpha value is -0.505. The van der Waals surface area contributed by atoms with Gasteiger partial charge in [0.25, 0.3) is 13.1 Å². The van der Waals surface area contributed by atoms with E-state index in [0.717, 1.165) is 0 Å². The highest BCUT2D eigenvalue weighted by atomic mass is 16.7. The van der Waals surface area contributed by atoms with Gasteiger partial charge >= 0.3 is 0 Å². The normalized spacial score (nSPS) is 8.25. The van der Waals surface area contributed by atoms with E-state index in [2.05, 4.69) is 10.3 Å². The van der Waals surface area contributed by atoms with Gasteiger partial charge in [-0.2, -0.15) is 5.48 Å². The van der Waals surface area contributed by atoms with E-state index in [1.807, 2.05) is 6.92 Å². The molecule has 0 fully saturated rings. The molecule has 0 atom stereocenters. The molecule has 8 heavy (non-hydrogen) atoms. The molecule has 3 nitrogen and oxygen atoms in total. The summed E-state index contributed by atoms with van der Waals surface area (Å²) in [4.78, 5) is 14.6. The Bertz CT molecular complexity index is 76.4. The second-order valence-corrected chi connectivity index (χ2v) is 1.21. The molecule has 4 heteroatoms. The van der Waals surface area contributed by atoms with Gasteiger partial charge in [0.15, 0.2) is 0 Å². The number of carbonyl (C=O) groups is 1.